The molecule has 2 fully saturated rings. The summed E-state index contributed by atoms with van der Waals surface area (Å²) in [7, 11) is 0. The van der Waals surface area contributed by atoms with Crippen molar-refractivity contribution in [3.8, 4) is 0 Å². The van der Waals surface area contributed by atoms with Crippen LogP contribution in [0.25, 0.3) is 0 Å². The van der Waals surface area contributed by atoms with Crippen LogP contribution in [0.1, 0.15) is 28.8 Å². The van der Waals surface area contributed by atoms with Gasteiger partial charge in [-0.15, -0.1) is 0 Å². The molecule has 0 atom stereocenters. The number of hydrogen-bond donors (Lipinski definition) is 1. The lowest BCUT2D eigenvalue weighted by Crippen LogP contribution is -2.36. The van der Waals surface area contributed by atoms with E-state index in [1.54, 1.807) is 29.2 Å². The molecule has 164 valence electrons. The molecule has 9 heteroatoms. The third-order valence-corrected chi connectivity index (χ3v) is 5.44. The fourth-order valence-corrected chi connectivity index (χ4v) is 3.80. The van der Waals surface area contributed by atoms with Gasteiger partial charge in [-0.2, -0.15) is 13.2 Å². The number of hydrogen-bond acceptors (Lipinski definition) is 4. The maximum atomic E-state index is 13.2. The van der Waals surface area contributed by atoms with Gasteiger partial charge in [0.1, 0.15) is 0 Å². The van der Waals surface area contributed by atoms with Gasteiger partial charge in [-0.1, -0.05) is 0 Å². The predicted molar refractivity (Wildman–Crippen MR) is 110 cm³/mol. The molecule has 2 aromatic carbocycles. The molecule has 2 amide bonds. The Kier molecular flexibility index (Phi) is 5.86. The van der Waals surface area contributed by atoms with Gasteiger partial charge in [0.25, 0.3) is 5.91 Å². The number of morpholine rings is 1. The lowest BCUT2D eigenvalue weighted by molar-refractivity contribution is -0.137. The van der Waals surface area contributed by atoms with E-state index < -0.39 is 17.6 Å². The van der Waals surface area contributed by atoms with E-state index in [0.29, 0.717) is 56.2 Å². The molecule has 0 aliphatic carbocycles. The summed E-state index contributed by atoms with van der Waals surface area (Å²) in [5.74, 6) is -0.482. The smallest absolute Gasteiger partial charge is 0.378 e. The quantitative estimate of drug-likeness (QED) is 0.794. The number of ether oxygens (including phenoxy) is 1. The average molecular weight is 433 g/mol. The number of rotatable bonds is 4. The van der Waals surface area contributed by atoms with E-state index in [-0.39, 0.29) is 11.6 Å². The number of anilines is 3. The van der Waals surface area contributed by atoms with Gasteiger partial charge in [-0.25, -0.2) is 0 Å². The minimum Gasteiger partial charge on any atom is -0.378 e. The van der Waals surface area contributed by atoms with Crippen LogP contribution in [-0.2, 0) is 15.7 Å². The zero-order chi connectivity index (χ0) is 22.0. The Morgan fingerprint density at radius 1 is 1.00 bits per heavy atom. The van der Waals surface area contributed by atoms with Gasteiger partial charge in [0.15, 0.2) is 0 Å². The van der Waals surface area contributed by atoms with Crippen LogP contribution in [0.2, 0.25) is 0 Å². The highest BCUT2D eigenvalue weighted by Crippen LogP contribution is 2.36. The molecule has 1 N–H and O–H groups in total. The van der Waals surface area contributed by atoms with Crippen molar-refractivity contribution >= 4 is 28.9 Å². The number of nitrogens with zero attached hydrogens (tertiary/aromatic N) is 2. The molecule has 2 saturated heterocycles. The van der Waals surface area contributed by atoms with Crippen LogP contribution in [-0.4, -0.2) is 44.7 Å². The Hall–Kier alpha value is -3.07. The zero-order valence-corrected chi connectivity index (χ0v) is 16.7. The van der Waals surface area contributed by atoms with Gasteiger partial charge in [-0.05, 0) is 48.9 Å². The molecule has 0 radical (unpaired) electrons. The summed E-state index contributed by atoms with van der Waals surface area (Å²) in [5, 5.41) is 2.63. The fourth-order valence-electron chi connectivity index (χ4n) is 3.80. The molecule has 2 aliphatic heterocycles. The Bertz CT molecular complexity index is 970. The van der Waals surface area contributed by atoms with Crippen LogP contribution < -0.4 is 15.1 Å². The number of carbonyl (C=O) groups excluding carboxylic acids is 2. The second kappa shape index (κ2) is 8.58. The highest BCUT2D eigenvalue weighted by atomic mass is 19.4. The maximum absolute atomic E-state index is 13.2. The first kappa shape index (κ1) is 21.2. The zero-order valence-electron chi connectivity index (χ0n) is 16.7. The van der Waals surface area contributed by atoms with Gasteiger partial charge in [0.2, 0.25) is 5.91 Å². The van der Waals surface area contributed by atoms with Crippen molar-refractivity contribution in [3.63, 3.8) is 0 Å². The topological polar surface area (TPSA) is 61.9 Å². The number of benzene rings is 2. The van der Waals surface area contributed by atoms with Crippen LogP contribution in [0.15, 0.2) is 42.5 Å². The Balaban J connectivity index is 1.57. The molecule has 0 bridgehead atoms. The van der Waals surface area contributed by atoms with Gasteiger partial charge < -0.3 is 19.9 Å². The maximum Gasteiger partial charge on any atom is 0.416 e. The third-order valence-electron chi connectivity index (χ3n) is 5.44. The van der Waals surface area contributed by atoms with Crippen LogP contribution in [0.5, 0.6) is 0 Å². The van der Waals surface area contributed by atoms with Crippen molar-refractivity contribution < 1.29 is 27.5 Å². The van der Waals surface area contributed by atoms with E-state index >= 15 is 0 Å². The Morgan fingerprint density at radius 3 is 2.32 bits per heavy atom. The highest BCUT2D eigenvalue weighted by Gasteiger charge is 2.32. The number of halogens is 3. The summed E-state index contributed by atoms with van der Waals surface area (Å²) < 4.78 is 45.1. The molecule has 6 nitrogen and oxygen atoms in total. The molecule has 4 rings (SSSR count). The first-order valence-corrected chi connectivity index (χ1v) is 10.1. The largest absolute Gasteiger partial charge is 0.416 e. The first-order chi connectivity index (χ1) is 14.8. The average Bonchev–Trinajstić information content (AvgIpc) is 3.19. The predicted octanol–water partition coefficient (Wildman–Crippen LogP) is 3.92. The summed E-state index contributed by atoms with van der Waals surface area (Å²) in [5.41, 5.74) is 0.778. The molecule has 0 saturated carbocycles. The summed E-state index contributed by atoms with van der Waals surface area (Å²) >= 11 is 0. The molecule has 2 heterocycles. The van der Waals surface area contributed by atoms with Crippen molar-refractivity contribution in [2.45, 2.75) is 19.0 Å². The fraction of sp³-hybridized carbons (Fsp3) is 0.364. The molecule has 0 spiro atoms. The monoisotopic (exact) mass is 433 g/mol. The molecular formula is C22H22F3N3O3. The Labute approximate surface area is 177 Å². The van der Waals surface area contributed by atoms with E-state index in [1.807, 2.05) is 4.90 Å². The lowest BCUT2D eigenvalue weighted by atomic mass is 10.1. The van der Waals surface area contributed by atoms with Gasteiger partial charge in [-0.3, -0.25) is 9.59 Å². The first-order valence-electron chi connectivity index (χ1n) is 10.1. The van der Waals surface area contributed by atoms with Gasteiger partial charge >= 0.3 is 6.18 Å². The summed E-state index contributed by atoms with van der Waals surface area (Å²) in [4.78, 5) is 28.2. The Morgan fingerprint density at radius 2 is 1.71 bits per heavy atom. The van der Waals surface area contributed by atoms with Crippen molar-refractivity contribution in [1.82, 2.24) is 0 Å². The number of carbonyl (C=O) groups is 2. The molecular weight excluding hydrogens is 411 g/mol. The van der Waals surface area contributed by atoms with Crippen LogP contribution in [0.4, 0.5) is 30.2 Å². The van der Waals surface area contributed by atoms with Crippen molar-refractivity contribution in [3.05, 3.63) is 53.6 Å². The van der Waals surface area contributed by atoms with Crippen LogP contribution in [0.3, 0.4) is 0 Å². The summed E-state index contributed by atoms with van der Waals surface area (Å²) in [6, 6.07) is 9.84. The molecule has 31 heavy (non-hydrogen) atoms. The number of amides is 2. The lowest BCUT2D eigenvalue weighted by Gasteiger charge is -2.31. The van der Waals surface area contributed by atoms with Crippen LogP contribution >= 0.6 is 0 Å². The van der Waals surface area contributed by atoms with Crippen molar-refractivity contribution in [2.75, 3.05) is 48.0 Å². The standard InChI is InChI=1S/C22H22F3N3O3/c23-22(24,25)16-5-8-19(27-10-12-31-13-11-27)18(14-16)26-21(30)15-3-6-17(7-4-15)28-9-1-2-20(28)29/h3-8,14H,1-2,9-13H2,(H,26,30). The van der Waals surface area contributed by atoms with E-state index in [2.05, 4.69) is 5.32 Å². The van der Waals surface area contributed by atoms with E-state index in [9.17, 15) is 22.8 Å². The second-order valence-electron chi connectivity index (χ2n) is 7.48. The van der Waals surface area contributed by atoms with Crippen molar-refractivity contribution in [1.29, 1.82) is 0 Å². The van der Waals surface area contributed by atoms with Crippen LogP contribution in [0, 0.1) is 0 Å². The minimum atomic E-state index is -4.52. The third kappa shape index (κ3) is 4.66. The highest BCUT2D eigenvalue weighted by molar-refractivity contribution is 6.06. The number of alkyl halides is 3. The molecule has 2 aliphatic rings. The molecule has 2 aromatic rings. The van der Waals surface area contributed by atoms with Gasteiger partial charge in [0, 0.05) is 37.3 Å². The van der Waals surface area contributed by atoms with Crippen molar-refractivity contribution in [2.24, 2.45) is 0 Å². The van der Waals surface area contributed by atoms with E-state index in [0.717, 1.165) is 18.6 Å². The van der Waals surface area contributed by atoms with Gasteiger partial charge in [0.05, 0.1) is 30.2 Å². The molecule has 0 unspecified atom stereocenters. The SMILES string of the molecule is O=C(Nc1cc(C(F)(F)F)ccc1N1CCOCC1)c1ccc(N2CCCC2=O)cc1. The second-order valence-corrected chi connectivity index (χ2v) is 7.48. The molecule has 0 aromatic heterocycles. The number of nitrogens with one attached hydrogen (secondary N) is 1. The van der Waals surface area contributed by atoms with E-state index in [4.69, 9.17) is 4.74 Å². The normalized spacial score (nSPS) is 17.2. The summed E-state index contributed by atoms with van der Waals surface area (Å²) in [6.45, 7) is 2.60. The van der Waals surface area contributed by atoms with E-state index in [1.165, 1.54) is 6.07 Å². The summed E-state index contributed by atoms with van der Waals surface area (Å²) in [6.07, 6.45) is -3.23. The minimum absolute atomic E-state index is 0.0383.